The molecular formula is C21H39IN6O2. The molecule has 2 rings (SSSR count). The van der Waals surface area contributed by atoms with Gasteiger partial charge in [-0.05, 0) is 39.2 Å². The number of likely N-dealkylation sites (tertiary alicyclic amines) is 1. The van der Waals surface area contributed by atoms with Gasteiger partial charge < -0.3 is 20.1 Å². The van der Waals surface area contributed by atoms with Crippen LogP contribution in [0.4, 0.5) is 0 Å². The van der Waals surface area contributed by atoms with Gasteiger partial charge in [0.05, 0.1) is 18.3 Å². The normalized spacial score (nSPS) is 17.0. The molecule has 1 unspecified atom stereocenters. The molecule has 0 radical (unpaired) electrons. The molecule has 2 heterocycles. The second-order valence-corrected chi connectivity index (χ2v) is 7.64. The lowest BCUT2D eigenvalue weighted by Crippen LogP contribution is -2.44. The molecule has 9 heteroatoms. The minimum atomic E-state index is 0. The number of amides is 1. The number of guanidine groups is 1. The number of carbonyl (C=O) groups excluding carboxylic acids is 1. The Morgan fingerprint density at radius 1 is 1.27 bits per heavy atom. The Bertz CT molecular complexity index is 655. The molecule has 1 atom stereocenters. The van der Waals surface area contributed by atoms with Gasteiger partial charge >= 0.3 is 0 Å². The Labute approximate surface area is 198 Å². The summed E-state index contributed by atoms with van der Waals surface area (Å²) >= 11 is 0. The lowest BCUT2D eigenvalue weighted by molar-refractivity contribution is -0.133. The maximum absolute atomic E-state index is 12.3. The summed E-state index contributed by atoms with van der Waals surface area (Å²) in [4.78, 5) is 21.1. The monoisotopic (exact) mass is 534 g/mol. The Hall–Kier alpha value is -1.36. The molecule has 1 aromatic heterocycles. The number of carbonyl (C=O) groups is 1. The second kappa shape index (κ2) is 13.8. The third kappa shape index (κ3) is 7.40. The van der Waals surface area contributed by atoms with Crippen LogP contribution >= 0.6 is 24.0 Å². The van der Waals surface area contributed by atoms with Crippen molar-refractivity contribution in [3.05, 3.63) is 17.0 Å². The van der Waals surface area contributed by atoms with Crippen molar-refractivity contribution in [2.75, 3.05) is 40.3 Å². The third-order valence-corrected chi connectivity index (χ3v) is 5.35. The van der Waals surface area contributed by atoms with Gasteiger partial charge in [0.1, 0.15) is 5.76 Å². The molecule has 0 saturated carbocycles. The van der Waals surface area contributed by atoms with Crippen molar-refractivity contribution in [1.82, 2.24) is 25.6 Å². The number of aryl methyl sites for hydroxylation is 2. The molecule has 0 aromatic carbocycles. The van der Waals surface area contributed by atoms with Crippen LogP contribution in [0.5, 0.6) is 0 Å². The van der Waals surface area contributed by atoms with E-state index in [1.165, 1.54) is 0 Å². The van der Waals surface area contributed by atoms with Crippen LogP contribution < -0.4 is 10.6 Å². The largest absolute Gasteiger partial charge is 0.361 e. The van der Waals surface area contributed by atoms with Gasteiger partial charge in [-0.15, -0.1) is 24.0 Å². The molecule has 1 saturated heterocycles. The SMILES string of the molecule is CCNC(=NCc1c(CC)noc1CC)NCCCN1CCCC1C(=O)N(C)C.I. The van der Waals surface area contributed by atoms with Gasteiger partial charge in [0.25, 0.3) is 0 Å². The Balaban J connectivity index is 0.00000450. The van der Waals surface area contributed by atoms with Crippen LogP contribution in [0.25, 0.3) is 0 Å². The van der Waals surface area contributed by atoms with Gasteiger partial charge in [0.15, 0.2) is 5.96 Å². The van der Waals surface area contributed by atoms with E-state index in [-0.39, 0.29) is 35.9 Å². The molecule has 0 spiro atoms. The lowest BCUT2D eigenvalue weighted by Gasteiger charge is -2.26. The maximum atomic E-state index is 12.3. The fourth-order valence-electron chi connectivity index (χ4n) is 3.78. The zero-order valence-electron chi connectivity index (χ0n) is 19.2. The van der Waals surface area contributed by atoms with Crippen molar-refractivity contribution in [2.24, 2.45) is 4.99 Å². The summed E-state index contributed by atoms with van der Waals surface area (Å²) < 4.78 is 5.43. The zero-order valence-corrected chi connectivity index (χ0v) is 21.5. The van der Waals surface area contributed by atoms with E-state index in [4.69, 9.17) is 9.52 Å². The van der Waals surface area contributed by atoms with Crippen molar-refractivity contribution in [1.29, 1.82) is 0 Å². The Kier molecular flexibility index (Phi) is 12.3. The minimum Gasteiger partial charge on any atom is -0.361 e. The van der Waals surface area contributed by atoms with E-state index in [1.54, 1.807) is 4.90 Å². The van der Waals surface area contributed by atoms with Gasteiger partial charge in [-0.3, -0.25) is 9.69 Å². The average molecular weight is 534 g/mol. The summed E-state index contributed by atoms with van der Waals surface area (Å²) in [7, 11) is 3.67. The van der Waals surface area contributed by atoms with Crippen LogP contribution in [0.15, 0.2) is 9.52 Å². The second-order valence-electron chi connectivity index (χ2n) is 7.64. The van der Waals surface area contributed by atoms with Crippen LogP contribution in [0.2, 0.25) is 0 Å². The van der Waals surface area contributed by atoms with Gasteiger partial charge in [-0.2, -0.15) is 0 Å². The third-order valence-electron chi connectivity index (χ3n) is 5.35. The summed E-state index contributed by atoms with van der Waals surface area (Å²) in [5, 5.41) is 10.9. The number of nitrogens with zero attached hydrogens (tertiary/aromatic N) is 4. The van der Waals surface area contributed by atoms with Crippen molar-refractivity contribution in [3.63, 3.8) is 0 Å². The first-order chi connectivity index (χ1) is 14.0. The number of aromatic nitrogens is 1. The van der Waals surface area contributed by atoms with Gasteiger partial charge in [0, 0.05) is 45.7 Å². The number of nitrogens with one attached hydrogen (secondary N) is 2. The van der Waals surface area contributed by atoms with Gasteiger partial charge in [-0.1, -0.05) is 19.0 Å². The maximum Gasteiger partial charge on any atom is 0.239 e. The van der Waals surface area contributed by atoms with Crippen molar-refractivity contribution >= 4 is 35.8 Å². The molecule has 1 amide bonds. The highest BCUT2D eigenvalue weighted by Gasteiger charge is 2.30. The van der Waals surface area contributed by atoms with Crippen LogP contribution in [-0.2, 0) is 24.2 Å². The molecule has 0 aliphatic carbocycles. The highest BCUT2D eigenvalue weighted by Crippen LogP contribution is 2.19. The van der Waals surface area contributed by atoms with E-state index in [1.807, 2.05) is 14.1 Å². The molecule has 8 nitrogen and oxygen atoms in total. The van der Waals surface area contributed by atoms with Crippen LogP contribution in [-0.4, -0.2) is 73.1 Å². The summed E-state index contributed by atoms with van der Waals surface area (Å²) in [6.45, 7) is 10.3. The van der Waals surface area contributed by atoms with Crippen LogP contribution in [0.1, 0.15) is 57.1 Å². The minimum absolute atomic E-state index is 0. The Morgan fingerprint density at radius 2 is 2.03 bits per heavy atom. The number of hydrogen-bond acceptors (Lipinski definition) is 5. The predicted molar refractivity (Wildman–Crippen MR) is 131 cm³/mol. The first-order valence-electron chi connectivity index (χ1n) is 10.9. The summed E-state index contributed by atoms with van der Waals surface area (Å²) in [6, 6.07) is 0.0421. The van der Waals surface area contributed by atoms with Crippen molar-refractivity contribution in [2.45, 2.75) is 65.5 Å². The summed E-state index contributed by atoms with van der Waals surface area (Å²) in [6.07, 6.45) is 4.70. The van der Waals surface area contributed by atoms with Gasteiger partial charge in [0.2, 0.25) is 5.91 Å². The number of rotatable bonds is 10. The van der Waals surface area contributed by atoms with E-state index in [2.05, 4.69) is 41.5 Å². The van der Waals surface area contributed by atoms with E-state index >= 15 is 0 Å². The van der Waals surface area contributed by atoms with Crippen molar-refractivity contribution in [3.8, 4) is 0 Å². The van der Waals surface area contributed by atoms with Crippen LogP contribution in [0, 0.1) is 0 Å². The molecule has 0 bridgehead atoms. The fraction of sp³-hybridized carbons (Fsp3) is 0.762. The summed E-state index contributed by atoms with van der Waals surface area (Å²) in [5.41, 5.74) is 2.10. The number of likely N-dealkylation sites (N-methyl/N-ethyl adjacent to an activating group) is 1. The molecule has 1 aliphatic heterocycles. The first kappa shape index (κ1) is 26.7. The smallest absolute Gasteiger partial charge is 0.239 e. The average Bonchev–Trinajstić information content (AvgIpc) is 3.34. The van der Waals surface area contributed by atoms with Crippen LogP contribution in [0.3, 0.4) is 0 Å². The molecule has 1 fully saturated rings. The molecule has 2 N–H and O–H groups in total. The number of aliphatic imine (C=N–C) groups is 1. The highest BCUT2D eigenvalue weighted by atomic mass is 127. The molecule has 30 heavy (non-hydrogen) atoms. The first-order valence-corrected chi connectivity index (χ1v) is 10.9. The van der Waals surface area contributed by atoms with E-state index in [9.17, 15) is 4.79 Å². The van der Waals surface area contributed by atoms with E-state index in [0.29, 0.717) is 6.54 Å². The highest BCUT2D eigenvalue weighted by molar-refractivity contribution is 14.0. The molecule has 172 valence electrons. The number of halogens is 1. The standard InChI is InChI=1S/C21H38N6O2.HI/c1-6-17-16(19(7-2)29-25-17)15-24-21(22-8-3)23-12-10-14-27-13-9-11-18(27)20(28)26(4)5;/h18H,6-15H2,1-5H3,(H2,22,23,24);1H. The zero-order chi connectivity index (χ0) is 21.2. The molecule has 1 aliphatic rings. The summed E-state index contributed by atoms with van der Waals surface area (Å²) in [5.74, 6) is 1.95. The molecular weight excluding hydrogens is 495 g/mol. The predicted octanol–water partition coefficient (Wildman–Crippen LogP) is 2.42. The quantitative estimate of drug-likeness (QED) is 0.208. The Morgan fingerprint density at radius 3 is 2.67 bits per heavy atom. The van der Waals surface area contributed by atoms with Crippen molar-refractivity contribution < 1.29 is 9.32 Å². The topological polar surface area (TPSA) is 86.0 Å². The molecule has 1 aromatic rings. The fourth-order valence-corrected chi connectivity index (χ4v) is 3.78. The lowest BCUT2D eigenvalue weighted by atomic mass is 10.1. The van der Waals surface area contributed by atoms with E-state index < -0.39 is 0 Å². The van der Waals surface area contributed by atoms with E-state index in [0.717, 1.165) is 81.3 Å². The van der Waals surface area contributed by atoms with Gasteiger partial charge in [-0.25, -0.2) is 4.99 Å². The number of hydrogen-bond donors (Lipinski definition) is 2.